The largest absolute Gasteiger partial charge is 0.465 e. The Balaban J connectivity index is 4.30. The average molecular weight is 204 g/mol. The van der Waals surface area contributed by atoms with Crippen LogP contribution in [0.1, 0.15) is 20.8 Å². The van der Waals surface area contributed by atoms with Gasteiger partial charge in [-0.1, -0.05) is 0 Å². The van der Waals surface area contributed by atoms with Crippen LogP contribution in [-0.4, -0.2) is 36.9 Å². The highest BCUT2D eigenvalue weighted by Crippen LogP contribution is 2.18. The monoisotopic (exact) mass is 204 g/mol. The fourth-order valence-corrected chi connectivity index (χ4v) is 0.735. The van der Waals surface area contributed by atoms with Crippen molar-refractivity contribution in [2.75, 3.05) is 19.8 Å². The summed E-state index contributed by atoms with van der Waals surface area (Å²) < 4.78 is 9.41. The first kappa shape index (κ1) is 12.9. The summed E-state index contributed by atoms with van der Waals surface area (Å²) in [4.78, 5) is 21.9. The van der Waals surface area contributed by atoms with Crippen LogP contribution in [0.5, 0.6) is 0 Å². The molecule has 0 saturated heterocycles. The normalized spacial score (nSPS) is 14.3. The van der Waals surface area contributed by atoms with Gasteiger partial charge in [0.25, 0.3) is 0 Å². The van der Waals surface area contributed by atoms with Crippen molar-refractivity contribution in [3.8, 4) is 0 Å². The lowest BCUT2D eigenvalue weighted by Crippen LogP contribution is -2.38. The number of hydrogen-bond donors (Lipinski definition) is 1. The van der Waals surface area contributed by atoms with Gasteiger partial charge in [-0.25, -0.2) is 0 Å². The van der Waals surface area contributed by atoms with Gasteiger partial charge in [0, 0.05) is 6.92 Å². The first-order valence-electron chi connectivity index (χ1n) is 4.37. The van der Waals surface area contributed by atoms with Crippen LogP contribution in [0.4, 0.5) is 0 Å². The van der Waals surface area contributed by atoms with Gasteiger partial charge in [0.05, 0.1) is 13.2 Å². The lowest BCUT2D eigenvalue weighted by molar-refractivity contribution is -0.164. The molecule has 0 aliphatic rings. The molecule has 0 spiro atoms. The standard InChI is InChI=1S/C9H16O5/c1-4-13-8(12)9(3,5-10)6-14-7(2)11/h10H,4-6H2,1-3H3. The summed E-state index contributed by atoms with van der Waals surface area (Å²) in [5.74, 6) is -1.06. The maximum absolute atomic E-state index is 11.3. The molecule has 1 unspecified atom stereocenters. The van der Waals surface area contributed by atoms with Gasteiger partial charge >= 0.3 is 11.9 Å². The topological polar surface area (TPSA) is 72.8 Å². The van der Waals surface area contributed by atoms with E-state index in [0.717, 1.165) is 0 Å². The molecule has 0 amide bonds. The van der Waals surface area contributed by atoms with Gasteiger partial charge in [-0.15, -0.1) is 0 Å². The quantitative estimate of drug-likeness (QED) is 0.643. The highest BCUT2D eigenvalue weighted by Gasteiger charge is 2.35. The summed E-state index contributed by atoms with van der Waals surface area (Å²) in [6, 6.07) is 0. The van der Waals surface area contributed by atoms with Crippen LogP contribution in [0.3, 0.4) is 0 Å². The summed E-state index contributed by atoms with van der Waals surface area (Å²) in [6.45, 7) is 4.03. The Labute approximate surface area is 83.0 Å². The van der Waals surface area contributed by atoms with Crippen molar-refractivity contribution >= 4 is 11.9 Å². The Morgan fingerprint density at radius 3 is 2.29 bits per heavy atom. The molecule has 0 aliphatic carbocycles. The molecule has 0 radical (unpaired) electrons. The molecule has 5 nitrogen and oxygen atoms in total. The lowest BCUT2D eigenvalue weighted by Gasteiger charge is -2.23. The molecule has 0 saturated carbocycles. The van der Waals surface area contributed by atoms with Crippen molar-refractivity contribution in [3.63, 3.8) is 0 Å². The zero-order valence-electron chi connectivity index (χ0n) is 8.70. The van der Waals surface area contributed by atoms with Gasteiger partial charge in [0.2, 0.25) is 0 Å². The van der Waals surface area contributed by atoms with Crippen LogP contribution in [0.25, 0.3) is 0 Å². The number of hydrogen-bond acceptors (Lipinski definition) is 5. The number of aliphatic hydroxyl groups excluding tert-OH is 1. The minimum Gasteiger partial charge on any atom is -0.465 e. The van der Waals surface area contributed by atoms with E-state index in [4.69, 9.17) is 9.84 Å². The van der Waals surface area contributed by atoms with Crippen molar-refractivity contribution < 1.29 is 24.2 Å². The number of carbonyl (C=O) groups is 2. The molecule has 82 valence electrons. The Hall–Kier alpha value is -1.10. The van der Waals surface area contributed by atoms with E-state index in [1.165, 1.54) is 13.8 Å². The zero-order chi connectivity index (χ0) is 11.2. The molecule has 5 heteroatoms. The van der Waals surface area contributed by atoms with Gasteiger partial charge in [0.15, 0.2) is 0 Å². The third-order valence-corrected chi connectivity index (χ3v) is 1.71. The first-order valence-corrected chi connectivity index (χ1v) is 4.37. The molecule has 0 aromatic carbocycles. The fourth-order valence-electron chi connectivity index (χ4n) is 0.735. The van der Waals surface area contributed by atoms with Crippen molar-refractivity contribution in [1.29, 1.82) is 0 Å². The fraction of sp³-hybridized carbons (Fsp3) is 0.778. The molecule has 0 heterocycles. The van der Waals surface area contributed by atoms with Crippen LogP contribution in [0, 0.1) is 5.41 Å². The van der Waals surface area contributed by atoms with E-state index in [1.54, 1.807) is 6.92 Å². The minimum absolute atomic E-state index is 0.169. The predicted octanol–water partition coefficient (Wildman–Crippen LogP) is 0.111. The molecular formula is C9H16O5. The van der Waals surface area contributed by atoms with E-state index < -0.39 is 24.0 Å². The van der Waals surface area contributed by atoms with Crippen LogP contribution in [0.2, 0.25) is 0 Å². The molecule has 0 aromatic heterocycles. The molecule has 0 aliphatic heterocycles. The molecule has 1 atom stereocenters. The summed E-state index contributed by atoms with van der Waals surface area (Å²) in [6.07, 6.45) is 0. The van der Waals surface area contributed by atoms with Crippen LogP contribution < -0.4 is 0 Å². The Bertz CT molecular complexity index is 213. The summed E-state index contributed by atoms with van der Waals surface area (Å²) in [5.41, 5.74) is -1.16. The van der Waals surface area contributed by atoms with Gasteiger partial charge < -0.3 is 14.6 Å². The smallest absolute Gasteiger partial charge is 0.317 e. The Morgan fingerprint density at radius 1 is 1.36 bits per heavy atom. The Kier molecular flexibility index (Phi) is 5.15. The van der Waals surface area contributed by atoms with E-state index in [9.17, 15) is 9.59 Å². The highest BCUT2D eigenvalue weighted by atomic mass is 16.6. The highest BCUT2D eigenvalue weighted by molar-refractivity contribution is 5.77. The minimum atomic E-state index is -1.16. The van der Waals surface area contributed by atoms with E-state index in [0.29, 0.717) is 0 Å². The zero-order valence-corrected chi connectivity index (χ0v) is 8.70. The second-order valence-corrected chi connectivity index (χ2v) is 3.22. The van der Waals surface area contributed by atoms with Gasteiger partial charge in [0.1, 0.15) is 12.0 Å². The molecule has 14 heavy (non-hydrogen) atoms. The number of ether oxygens (including phenoxy) is 2. The number of esters is 2. The maximum atomic E-state index is 11.3. The number of aliphatic hydroxyl groups is 1. The molecule has 0 aromatic rings. The summed E-state index contributed by atoms with van der Waals surface area (Å²) in [5, 5.41) is 9.00. The van der Waals surface area contributed by atoms with Crippen molar-refractivity contribution in [1.82, 2.24) is 0 Å². The van der Waals surface area contributed by atoms with Crippen LogP contribution in [0.15, 0.2) is 0 Å². The van der Waals surface area contributed by atoms with E-state index in [1.807, 2.05) is 0 Å². The van der Waals surface area contributed by atoms with Crippen molar-refractivity contribution in [2.24, 2.45) is 5.41 Å². The van der Waals surface area contributed by atoms with Crippen molar-refractivity contribution in [3.05, 3.63) is 0 Å². The summed E-state index contributed by atoms with van der Waals surface area (Å²) >= 11 is 0. The maximum Gasteiger partial charge on any atom is 0.317 e. The van der Waals surface area contributed by atoms with Gasteiger partial charge in [-0.05, 0) is 13.8 Å². The third kappa shape index (κ3) is 3.74. The molecule has 0 bridgehead atoms. The second-order valence-electron chi connectivity index (χ2n) is 3.22. The first-order chi connectivity index (χ1) is 6.46. The predicted molar refractivity (Wildman–Crippen MR) is 48.5 cm³/mol. The summed E-state index contributed by atoms with van der Waals surface area (Å²) in [7, 11) is 0. The van der Waals surface area contributed by atoms with Crippen molar-refractivity contribution in [2.45, 2.75) is 20.8 Å². The second kappa shape index (κ2) is 5.59. The van der Waals surface area contributed by atoms with Crippen LogP contribution in [-0.2, 0) is 19.1 Å². The SMILES string of the molecule is CCOC(=O)C(C)(CO)COC(C)=O. The Morgan fingerprint density at radius 2 is 1.93 bits per heavy atom. The van der Waals surface area contributed by atoms with Gasteiger partial charge in [-0.3, -0.25) is 9.59 Å². The average Bonchev–Trinajstić information content (AvgIpc) is 2.14. The third-order valence-electron chi connectivity index (χ3n) is 1.71. The lowest BCUT2D eigenvalue weighted by atomic mass is 9.93. The molecular weight excluding hydrogens is 188 g/mol. The van der Waals surface area contributed by atoms with E-state index in [-0.39, 0.29) is 13.2 Å². The van der Waals surface area contributed by atoms with E-state index >= 15 is 0 Å². The molecule has 1 N–H and O–H groups in total. The molecule has 0 rings (SSSR count). The van der Waals surface area contributed by atoms with Gasteiger partial charge in [-0.2, -0.15) is 0 Å². The number of carbonyl (C=O) groups excluding carboxylic acids is 2. The van der Waals surface area contributed by atoms with Crippen LogP contribution >= 0.6 is 0 Å². The van der Waals surface area contributed by atoms with E-state index in [2.05, 4.69) is 4.74 Å². The number of rotatable bonds is 5. The molecule has 0 fully saturated rings.